The Morgan fingerprint density at radius 3 is 2.73 bits per heavy atom. The zero-order valence-electron chi connectivity index (χ0n) is 13.7. The maximum Gasteiger partial charge on any atom is 0.317 e. The van der Waals surface area contributed by atoms with E-state index in [0.29, 0.717) is 13.2 Å². The molecule has 1 aromatic rings. The summed E-state index contributed by atoms with van der Waals surface area (Å²) in [4.78, 5) is 14.9. The molecule has 5 heteroatoms. The summed E-state index contributed by atoms with van der Waals surface area (Å²) in [5.74, 6) is -0.800. The Morgan fingerprint density at radius 1 is 1.41 bits per heavy atom. The molecule has 22 heavy (non-hydrogen) atoms. The predicted molar refractivity (Wildman–Crippen MR) is 86.1 cm³/mol. The lowest BCUT2D eigenvalue weighted by Crippen LogP contribution is -2.47. The highest BCUT2D eigenvalue weighted by atomic mass is 16.5. The van der Waals surface area contributed by atoms with Crippen LogP contribution in [-0.4, -0.2) is 66.8 Å². The van der Waals surface area contributed by atoms with Gasteiger partial charge in [-0.25, -0.2) is 0 Å². The van der Waals surface area contributed by atoms with Crippen molar-refractivity contribution in [3.05, 3.63) is 34.9 Å². The Bertz CT molecular complexity index is 498. The van der Waals surface area contributed by atoms with Crippen molar-refractivity contribution in [3.63, 3.8) is 0 Å². The monoisotopic (exact) mass is 306 g/mol. The van der Waals surface area contributed by atoms with E-state index in [4.69, 9.17) is 9.84 Å². The fraction of sp³-hybridized carbons (Fsp3) is 0.588. The molecule has 0 radical (unpaired) electrons. The van der Waals surface area contributed by atoms with E-state index in [9.17, 15) is 4.79 Å². The number of likely N-dealkylation sites (N-methyl/N-ethyl adjacent to an activating group) is 1. The summed E-state index contributed by atoms with van der Waals surface area (Å²) in [5.41, 5.74) is 4.04. The summed E-state index contributed by atoms with van der Waals surface area (Å²) < 4.78 is 5.78. The number of aryl methyl sites for hydroxylation is 2. The number of ether oxygens (including phenoxy) is 1. The van der Waals surface area contributed by atoms with Crippen molar-refractivity contribution in [1.82, 2.24) is 9.80 Å². The first-order valence-corrected chi connectivity index (χ1v) is 7.75. The van der Waals surface area contributed by atoms with Gasteiger partial charge < -0.3 is 9.84 Å². The quantitative estimate of drug-likeness (QED) is 0.863. The van der Waals surface area contributed by atoms with Crippen molar-refractivity contribution in [2.45, 2.75) is 26.5 Å². The summed E-state index contributed by atoms with van der Waals surface area (Å²) in [7, 11) is 1.82. The van der Waals surface area contributed by atoms with E-state index in [0.717, 1.165) is 19.6 Å². The SMILES string of the molecule is Cc1cccc(C)c1CN1CCOC(CN(C)CC(=O)O)C1. The molecule has 1 unspecified atom stereocenters. The fourth-order valence-corrected chi connectivity index (χ4v) is 3.00. The van der Waals surface area contributed by atoms with Crippen LogP contribution in [0.3, 0.4) is 0 Å². The third kappa shape index (κ3) is 4.80. The van der Waals surface area contributed by atoms with Gasteiger partial charge in [-0.05, 0) is 37.6 Å². The standard InChI is InChI=1S/C17H26N2O3/c1-13-5-4-6-14(2)16(13)11-19-7-8-22-15(10-19)9-18(3)12-17(20)21/h4-6,15H,7-12H2,1-3H3,(H,20,21). The van der Waals surface area contributed by atoms with Crippen LogP contribution in [0.2, 0.25) is 0 Å². The molecule has 0 spiro atoms. The molecule has 0 amide bonds. The third-order valence-electron chi connectivity index (χ3n) is 4.17. The van der Waals surface area contributed by atoms with Crippen molar-refractivity contribution in [2.24, 2.45) is 0 Å². The van der Waals surface area contributed by atoms with Gasteiger partial charge in [0.15, 0.2) is 0 Å². The lowest BCUT2D eigenvalue weighted by molar-refractivity contribution is -0.138. The van der Waals surface area contributed by atoms with Gasteiger partial charge in [0.1, 0.15) is 0 Å². The number of morpholine rings is 1. The van der Waals surface area contributed by atoms with Gasteiger partial charge in [0.05, 0.1) is 19.3 Å². The average molecular weight is 306 g/mol. The number of hydrogen-bond donors (Lipinski definition) is 1. The maximum atomic E-state index is 10.7. The second kappa shape index (κ2) is 7.72. The van der Waals surface area contributed by atoms with E-state index in [1.165, 1.54) is 16.7 Å². The molecular formula is C17H26N2O3. The van der Waals surface area contributed by atoms with Crippen LogP contribution in [0.25, 0.3) is 0 Å². The van der Waals surface area contributed by atoms with Crippen molar-refractivity contribution in [2.75, 3.05) is 39.8 Å². The van der Waals surface area contributed by atoms with Gasteiger partial charge >= 0.3 is 5.97 Å². The topological polar surface area (TPSA) is 53.0 Å². The lowest BCUT2D eigenvalue weighted by Gasteiger charge is -2.35. The van der Waals surface area contributed by atoms with Gasteiger partial charge in [0, 0.05) is 26.2 Å². The molecule has 1 fully saturated rings. The van der Waals surface area contributed by atoms with Crippen LogP contribution in [0, 0.1) is 13.8 Å². The zero-order valence-corrected chi connectivity index (χ0v) is 13.7. The molecular weight excluding hydrogens is 280 g/mol. The summed E-state index contributed by atoms with van der Waals surface area (Å²) in [5, 5.41) is 8.83. The smallest absolute Gasteiger partial charge is 0.317 e. The fourth-order valence-electron chi connectivity index (χ4n) is 3.00. The number of carbonyl (C=O) groups is 1. The first-order valence-electron chi connectivity index (χ1n) is 7.75. The van der Waals surface area contributed by atoms with Gasteiger partial charge in [0.2, 0.25) is 0 Å². The summed E-state index contributed by atoms with van der Waals surface area (Å²) in [6.07, 6.45) is 0.0717. The second-order valence-corrected chi connectivity index (χ2v) is 6.19. The molecule has 0 saturated carbocycles. The number of nitrogens with zero attached hydrogens (tertiary/aromatic N) is 2. The molecule has 1 saturated heterocycles. The molecule has 122 valence electrons. The first-order chi connectivity index (χ1) is 10.5. The van der Waals surface area contributed by atoms with Gasteiger partial charge in [0.25, 0.3) is 0 Å². The highest BCUT2D eigenvalue weighted by Crippen LogP contribution is 2.17. The van der Waals surface area contributed by atoms with E-state index in [1.54, 1.807) is 4.90 Å². The highest BCUT2D eigenvalue weighted by Gasteiger charge is 2.23. The Morgan fingerprint density at radius 2 is 2.09 bits per heavy atom. The van der Waals surface area contributed by atoms with Crippen LogP contribution in [0.4, 0.5) is 0 Å². The zero-order chi connectivity index (χ0) is 16.1. The van der Waals surface area contributed by atoms with Crippen LogP contribution >= 0.6 is 0 Å². The number of rotatable bonds is 6. The molecule has 1 aliphatic rings. The van der Waals surface area contributed by atoms with Crippen molar-refractivity contribution >= 4 is 5.97 Å². The number of hydrogen-bond acceptors (Lipinski definition) is 4. The van der Waals surface area contributed by atoms with Crippen LogP contribution < -0.4 is 0 Å². The van der Waals surface area contributed by atoms with Crippen LogP contribution in [0.15, 0.2) is 18.2 Å². The predicted octanol–water partition coefficient (Wildman–Crippen LogP) is 1.52. The number of carboxylic acid groups (broad SMARTS) is 1. The molecule has 0 bridgehead atoms. The Balaban J connectivity index is 1.92. The number of aliphatic carboxylic acids is 1. The van der Waals surface area contributed by atoms with E-state index in [1.807, 2.05) is 7.05 Å². The first kappa shape index (κ1) is 16.9. The summed E-state index contributed by atoms with van der Waals surface area (Å²) in [6.45, 7) is 8.41. The van der Waals surface area contributed by atoms with Crippen molar-refractivity contribution < 1.29 is 14.6 Å². The van der Waals surface area contributed by atoms with Crippen molar-refractivity contribution in [3.8, 4) is 0 Å². The molecule has 0 aromatic heterocycles. The molecule has 0 aliphatic carbocycles. The van der Waals surface area contributed by atoms with Crippen LogP contribution in [0.5, 0.6) is 0 Å². The molecule has 1 aromatic carbocycles. The molecule has 1 heterocycles. The van der Waals surface area contributed by atoms with Gasteiger partial charge in [-0.2, -0.15) is 0 Å². The van der Waals surface area contributed by atoms with Gasteiger partial charge in [-0.1, -0.05) is 18.2 Å². The molecule has 1 aliphatic heterocycles. The number of benzene rings is 1. The minimum atomic E-state index is -0.800. The Labute approximate surface area is 132 Å². The van der Waals surface area contributed by atoms with Crippen LogP contribution in [0.1, 0.15) is 16.7 Å². The third-order valence-corrected chi connectivity index (χ3v) is 4.17. The van der Waals surface area contributed by atoms with Crippen molar-refractivity contribution in [1.29, 1.82) is 0 Å². The largest absolute Gasteiger partial charge is 0.480 e. The second-order valence-electron chi connectivity index (χ2n) is 6.19. The molecule has 2 rings (SSSR count). The van der Waals surface area contributed by atoms with Gasteiger partial charge in [-0.3, -0.25) is 14.6 Å². The lowest BCUT2D eigenvalue weighted by atomic mass is 10.0. The van der Waals surface area contributed by atoms with E-state index < -0.39 is 5.97 Å². The minimum absolute atomic E-state index is 0.0523. The summed E-state index contributed by atoms with van der Waals surface area (Å²) in [6, 6.07) is 6.40. The minimum Gasteiger partial charge on any atom is -0.480 e. The van der Waals surface area contributed by atoms with Gasteiger partial charge in [-0.15, -0.1) is 0 Å². The molecule has 5 nitrogen and oxygen atoms in total. The Kier molecular flexibility index (Phi) is 5.94. The molecule has 1 atom stereocenters. The maximum absolute atomic E-state index is 10.7. The van der Waals surface area contributed by atoms with E-state index >= 15 is 0 Å². The average Bonchev–Trinajstić information content (AvgIpc) is 2.42. The number of carboxylic acids is 1. The normalized spacial score (nSPS) is 19.5. The Hall–Kier alpha value is -1.43. The molecule has 1 N–H and O–H groups in total. The van der Waals surface area contributed by atoms with E-state index in [-0.39, 0.29) is 12.6 Å². The van der Waals surface area contributed by atoms with E-state index in [2.05, 4.69) is 36.9 Å². The van der Waals surface area contributed by atoms with Crippen LogP contribution in [-0.2, 0) is 16.1 Å². The summed E-state index contributed by atoms with van der Waals surface area (Å²) >= 11 is 0. The highest BCUT2D eigenvalue weighted by molar-refractivity contribution is 5.69.